The molecule has 1 aromatic carbocycles. The van der Waals surface area contributed by atoms with Crippen LogP contribution in [0.3, 0.4) is 0 Å². The van der Waals surface area contributed by atoms with Gasteiger partial charge >= 0.3 is 0 Å². The predicted molar refractivity (Wildman–Crippen MR) is 64.3 cm³/mol. The van der Waals surface area contributed by atoms with Crippen LogP contribution in [0.4, 0.5) is 0 Å². The lowest BCUT2D eigenvalue weighted by molar-refractivity contribution is 0.340. The average Bonchev–Trinajstić information content (AvgIpc) is 2.16. The van der Waals surface area contributed by atoms with Crippen molar-refractivity contribution >= 4 is 9.84 Å². The van der Waals surface area contributed by atoms with Crippen LogP contribution in [0.5, 0.6) is 5.75 Å². The van der Waals surface area contributed by atoms with Crippen LogP contribution >= 0.6 is 0 Å². The van der Waals surface area contributed by atoms with E-state index in [1.54, 1.807) is 6.07 Å². The van der Waals surface area contributed by atoms with E-state index in [4.69, 9.17) is 10.5 Å². The molecule has 0 spiro atoms. The lowest BCUT2D eigenvalue weighted by atomic mass is 10.1. The fourth-order valence-electron chi connectivity index (χ4n) is 1.20. The number of rotatable bonds is 5. The van der Waals surface area contributed by atoms with E-state index in [1.165, 1.54) is 6.26 Å². The molecule has 1 rings (SSSR count). The summed E-state index contributed by atoms with van der Waals surface area (Å²) in [4.78, 5) is 0. The quantitative estimate of drug-likeness (QED) is 0.841. The van der Waals surface area contributed by atoms with Crippen molar-refractivity contribution in [1.82, 2.24) is 0 Å². The molecule has 0 aromatic heterocycles. The molecule has 0 aliphatic rings. The maximum atomic E-state index is 10.9. The molecule has 0 saturated carbocycles. The Morgan fingerprint density at radius 3 is 2.69 bits per heavy atom. The van der Waals surface area contributed by atoms with Crippen LogP contribution in [-0.2, 0) is 9.84 Å². The zero-order valence-electron chi connectivity index (χ0n) is 9.51. The smallest absolute Gasteiger partial charge is 0.150 e. The second-order valence-electron chi connectivity index (χ2n) is 3.84. The SMILES string of the molecule is CC(N)c1cccc(OCCS(C)(=O)=O)c1. The van der Waals surface area contributed by atoms with Crippen LogP contribution in [-0.4, -0.2) is 27.0 Å². The van der Waals surface area contributed by atoms with Gasteiger partial charge in [0.25, 0.3) is 0 Å². The van der Waals surface area contributed by atoms with Gasteiger partial charge in [-0.25, -0.2) is 8.42 Å². The van der Waals surface area contributed by atoms with E-state index in [9.17, 15) is 8.42 Å². The van der Waals surface area contributed by atoms with Gasteiger partial charge in [0, 0.05) is 12.3 Å². The highest BCUT2D eigenvalue weighted by atomic mass is 32.2. The first-order valence-corrected chi connectivity index (χ1v) is 7.10. The summed E-state index contributed by atoms with van der Waals surface area (Å²) in [7, 11) is -2.97. The van der Waals surface area contributed by atoms with E-state index in [-0.39, 0.29) is 18.4 Å². The van der Waals surface area contributed by atoms with Gasteiger partial charge in [-0.2, -0.15) is 0 Å². The summed E-state index contributed by atoms with van der Waals surface area (Å²) in [5.41, 5.74) is 6.70. The molecule has 1 atom stereocenters. The van der Waals surface area contributed by atoms with Crippen molar-refractivity contribution in [3.8, 4) is 5.75 Å². The molecule has 0 saturated heterocycles. The minimum atomic E-state index is -2.97. The Morgan fingerprint density at radius 2 is 2.12 bits per heavy atom. The third-order valence-corrected chi connectivity index (χ3v) is 3.01. The van der Waals surface area contributed by atoms with Gasteiger partial charge in [0.2, 0.25) is 0 Å². The summed E-state index contributed by atoms with van der Waals surface area (Å²) < 4.78 is 27.1. The summed E-state index contributed by atoms with van der Waals surface area (Å²) in [6.45, 7) is 2.05. The normalized spacial score (nSPS) is 13.4. The fourth-order valence-corrected chi connectivity index (χ4v) is 1.58. The number of nitrogens with two attached hydrogens (primary N) is 1. The third-order valence-electron chi connectivity index (χ3n) is 2.11. The van der Waals surface area contributed by atoms with Gasteiger partial charge in [-0.15, -0.1) is 0 Å². The summed E-state index contributed by atoms with van der Waals surface area (Å²) in [6, 6.07) is 7.31. The van der Waals surface area contributed by atoms with Gasteiger partial charge in [-0.3, -0.25) is 0 Å². The van der Waals surface area contributed by atoms with Crippen LogP contribution in [0.15, 0.2) is 24.3 Å². The molecule has 4 nitrogen and oxygen atoms in total. The molecule has 0 fully saturated rings. The number of ether oxygens (including phenoxy) is 1. The highest BCUT2D eigenvalue weighted by Crippen LogP contribution is 2.17. The van der Waals surface area contributed by atoms with Crippen LogP contribution in [0.25, 0.3) is 0 Å². The lowest BCUT2D eigenvalue weighted by Crippen LogP contribution is -2.12. The van der Waals surface area contributed by atoms with Crippen molar-refractivity contribution in [3.63, 3.8) is 0 Å². The second kappa shape index (κ2) is 5.32. The molecule has 0 heterocycles. The zero-order valence-corrected chi connectivity index (χ0v) is 10.3. The van der Waals surface area contributed by atoms with E-state index in [2.05, 4.69) is 0 Å². The molecule has 5 heteroatoms. The van der Waals surface area contributed by atoms with E-state index in [0.717, 1.165) is 5.56 Å². The largest absolute Gasteiger partial charge is 0.493 e. The number of hydrogen-bond acceptors (Lipinski definition) is 4. The highest BCUT2D eigenvalue weighted by molar-refractivity contribution is 7.90. The van der Waals surface area contributed by atoms with Gasteiger partial charge in [-0.05, 0) is 24.6 Å². The van der Waals surface area contributed by atoms with Crippen LogP contribution in [0.2, 0.25) is 0 Å². The molecule has 1 aromatic rings. The van der Waals surface area contributed by atoms with Gasteiger partial charge < -0.3 is 10.5 Å². The lowest BCUT2D eigenvalue weighted by Gasteiger charge is -2.09. The minimum Gasteiger partial charge on any atom is -0.493 e. The molecule has 0 radical (unpaired) electrons. The Bertz CT molecular complexity index is 440. The Labute approximate surface area is 96.3 Å². The Kier molecular flexibility index (Phi) is 4.32. The Hall–Kier alpha value is -1.07. The summed E-state index contributed by atoms with van der Waals surface area (Å²) in [6.07, 6.45) is 1.19. The van der Waals surface area contributed by atoms with E-state index in [1.807, 2.05) is 25.1 Å². The maximum Gasteiger partial charge on any atom is 0.150 e. The van der Waals surface area contributed by atoms with E-state index in [0.29, 0.717) is 5.75 Å². The molecule has 0 aliphatic carbocycles. The van der Waals surface area contributed by atoms with Gasteiger partial charge in [-0.1, -0.05) is 12.1 Å². The van der Waals surface area contributed by atoms with Gasteiger partial charge in [0.1, 0.15) is 12.4 Å². The monoisotopic (exact) mass is 243 g/mol. The first-order valence-electron chi connectivity index (χ1n) is 5.04. The van der Waals surface area contributed by atoms with E-state index >= 15 is 0 Å². The van der Waals surface area contributed by atoms with Crippen LogP contribution in [0, 0.1) is 0 Å². The molecule has 0 bridgehead atoms. The summed E-state index contributed by atoms with van der Waals surface area (Å²) in [5.74, 6) is 0.675. The van der Waals surface area contributed by atoms with Crippen molar-refractivity contribution in [2.75, 3.05) is 18.6 Å². The average molecular weight is 243 g/mol. The standard InChI is InChI=1S/C11H17NO3S/c1-9(12)10-4-3-5-11(8-10)15-6-7-16(2,13)14/h3-5,8-9H,6-7,12H2,1-2H3. The Balaban J connectivity index is 2.58. The number of hydrogen-bond donors (Lipinski definition) is 1. The number of benzene rings is 1. The zero-order chi connectivity index (χ0) is 12.2. The van der Waals surface area contributed by atoms with Crippen LogP contribution < -0.4 is 10.5 Å². The topological polar surface area (TPSA) is 69.4 Å². The molecule has 0 aliphatic heterocycles. The maximum absolute atomic E-state index is 10.9. The van der Waals surface area contributed by atoms with Crippen LogP contribution in [0.1, 0.15) is 18.5 Å². The highest BCUT2D eigenvalue weighted by Gasteiger charge is 2.04. The predicted octanol–water partition coefficient (Wildman–Crippen LogP) is 1.13. The molecular weight excluding hydrogens is 226 g/mol. The molecule has 0 amide bonds. The fraction of sp³-hybridized carbons (Fsp3) is 0.455. The second-order valence-corrected chi connectivity index (χ2v) is 6.10. The Morgan fingerprint density at radius 1 is 1.44 bits per heavy atom. The summed E-state index contributed by atoms with van der Waals surface area (Å²) >= 11 is 0. The first-order chi connectivity index (χ1) is 7.38. The summed E-state index contributed by atoms with van der Waals surface area (Å²) in [5, 5.41) is 0. The third kappa shape index (κ3) is 4.63. The van der Waals surface area contributed by atoms with Crippen molar-refractivity contribution in [2.24, 2.45) is 5.73 Å². The molecule has 16 heavy (non-hydrogen) atoms. The minimum absolute atomic E-state index is 0.0232. The first kappa shape index (κ1) is 13.0. The van der Waals surface area contributed by atoms with Gasteiger partial charge in [0.05, 0.1) is 5.75 Å². The van der Waals surface area contributed by atoms with Gasteiger partial charge in [0.15, 0.2) is 9.84 Å². The van der Waals surface area contributed by atoms with E-state index < -0.39 is 9.84 Å². The molecule has 90 valence electrons. The van der Waals surface area contributed by atoms with Crippen molar-refractivity contribution in [1.29, 1.82) is 0 Å². The number of sulfone groups is 1. The van der Waals surface area contributed by atoms with Crippen molar-refractivity contribution in [2.45, 2.75) is 13.0 Å². The molecule has 1 unspecified atom stereocenters. The van der Waals surface area contributed by atoms with Crippen molar-refractivity contribution < 1.29 is 13.2 Å². The molecular formula is C11H17NO3S. The van der Waals surface area contributed by atoms with Crippen molar-refractivity contribution in [3.05, 3.63) is 29.8 Å². The molecule has 2 N–H and O–H groups in total.